The third-order valence-corrected chi connectivity index (χ3v) is 7.07. The van der Waals surface area contributed by atoms with E-state index < -0.39 is 10.0 Å². The van der Waals surface area contributed by atoms with Crippen molar-refractivity contribution in [2.45, 2.75) is 31.1 Å². The van der Waals surface area contributed by atoms with Gasteiger partial charge in [0.15, 0.2) is 0 Å². The van der Waals surface area contributed by atoms with Crippen LogP contribution in [0.15, 0.2) is 18.2 Å². The summed E-state index contributed by atoms with van der Waals surface area (Å²) in [7, 11) is 0.225. The van der Waals surface area contributed by atoms with Crippen molar-refractivity contribution in [2.24, 2.45) is 0 Å². The van der Waals surface area contributed by atoms with Gasteiger partial charge in [-0.3, -0.25) is 4.90 Å². The minimum atomic E-state index is -3.06. The maximum absolute atomic E-state index is 12.4. The van der Waals surface area contributed by atoms with Crippen molar-refractivity contribution < 1.29 is 17.9 Å². The molecule has 0 unspecified atom stereocenters. The fourth-order valence-corrected chi connectivity index (χ4v) is 5.03. The van der Waals surface area contributed by atoms with Gasteiger partial charge in [-0.05, 0) is 43.5 Å². The molecule has 0 N–H and O–H groups in total. The Kier molecular flexibility index (Phi) is 5.32. The summed E-state index contributed by atoms with van der Waals surface area (Å²) in [5.41, 5.74) is 1.12. The molecule has 3 rings (SSSR count). The number of hydrogen-bond acceptors (Lipinski definition) is 5. The molecular formula is C17H26N2O4S. The van der Waals surface area contributed by atoms with Crippen LogP contribution in [0.25, 0.3) is 0 Å². The first-order valence-electron chi connectivity index (χ1n) is 8.46. The molecule has 1 aliphatic heterocycles. The first-order valence-corrected chi connectivity index (χ1v) is 9.96. The number of hydrogen-bond donors (Lipinski definition) is 0. The van der Waals surface area contributed by atoms with Crippen LogP contribution in [0.3, 0.4) is 0 Å². The largest absolute Gasteiger partial charge is 0.497 e. The van der Waals surface area contributed by atoms with Crippen molar-refractivity contribution in [1.29, 1.82) is 0 Å². The molecule has 24 heavy (non-hydrogen) atoms. The van der Waals surface area contributed by atoms with Crippen LogP contribution in [0.4, 0.5) is 0 Å². The first kappa shape index (κ1) is 17.5. The minimum Gasteiger partial charge on any atom is -0.497 e. The van der Waals surface area contributed by atoms with E-state index in [0.29, 0.717) is 13.1 Å². The topological polar surface area (TPSA) is 59.1 Å². The Morgan fingerprint density at radius 1 is 1.00 bits per heavy atom. The van der Waals surface area contributed by atoms with Gasteiger partial charge < -0.3 is 9.47 Å². The third-order valence-electron chi connectivity index (χ3n) is 4.67. The van der Waals surface area contributed by atoms with Crippen molar-refractivity contribution in [3.05, 3.63) is 23.8 Å². The summed E-state index contributed by atoms with van der Waals surface area (Å²) >= 11 is 0. The maximum atomic E-state index is 12.4. The summed E-state index contributed by atoms with van der Waals surface area (Å²) in [5, 5.41) is -0.119. The molecule has 0 spiro atoms. The standard InChI is InChI=1S/C17H26N2O4S/c1-22-15-10-14(11-16(12-15)23-2)13-18-6-3-7-19(9-8-18)24(20,21)17-4-5-17/h10-12,17H,3-9,13H2,1-2H3. The van der Waals surface area contributed by atoms with E-state index in [4.69, 9.17) is 9.47 Å². The zero-order valence-electron chi connectivity index (χ0n) is 14.4. The summed E-state index contributed by atoms with van der Waals surface area (Å²) in [4.78, 5) is 2.30. The van der Waals surface area contributed by atoms with E-state index in [2.05, 4.69) is 4.90 Å². The molecule has 1 saturated carbocycles. The van der Waals surface area contributed by atoms with Gasteiger partial charge in [-0.1, -0.05) is 0 Å². The second kappa shape index (κ2) is 7.29. The number of sulfonamides is 1. The van der Waals surface area contributed by atoms with Gasteiger partial charge in [0.25, 0.3) is 0 Å². The van der Waals surface area contributed by atoms with E-state index in [0.717, 1.165) is 56.0 Å². The second-order valence-electron chi connectivity index (χ2n) is 6.49. The van der Waals surface area contributed by atoms with Crippen LogP contribution in [-0.4, -0.2) is 63.3 Å². The van der Waals surface area contributed by atoms with Crippen molar-refractivity contribution in [3.8, 4) is 11.5 Å². The van der Waals surface area contributed by atoms with Crippen molar-refractivity contribution in [3.63, 3.8) is 0 Å². The van der Waals surface area contributed by atoms with Gasteiger partial charge in [0.2, 0.25) is 10.0 Å². The molecule has 1 aromatic carbocycles. The SMILES string of the molecule is COc1cc(CN2CCCN(S(=O)(=O)C3CC3)CC2)cc(OC)c1. The van der Waals surface area contributed by atoms with E-state index in [1.165, 1.54) is 0 Å². The van der Waals surface area contributed by atoms with Crippen molar-refractivity contribution in [1.82, 2.24) is 9.21 Å². The van der Waals surface area contributed by atoms with Crippen molar-refractivity contribution in [2.75, 3.05) is 40.4 Å². The molecule has 7 heteroatoms. The molecule has 0 amide bonds. The zero-order chi connectivity index (χ0) is 17.2. The number of benzene rings is 1. The van der Waals surface area contributed by atoms with Crippen LogP contribution >= 0.6 is 0 Å². The molecule has 1 saturated heterocycles. The highest BCUT2D eigenvalue weighted by atomic mass is 32.2. The summed E-state index contributed by atoms with van der Waals surface area (Å²) in [6.07, 6.45) is 2.52. The molecule has 134 valence electrons. The van der Waals surface area contributed by atoms with E-state index in [1.807, 2.05) is 18.2 Å². The number of ether oxygens (including phenoxy) is 2. The third kappa shape index (κ3) is 4.02. The monoisotopic (exact) mass is 354 g/mol. The first-order chi connectivity index (χ1) is 11.5. The van der Waals surface area contributed by atoms with E-state index in [1.54, 1.807) is 18.5 Å². The predicted molar refractivity (Wildman–Crippen MR) is 93.0 cm³/mol. The van der Waals surface area contributed by atoms with Gasteiger partial charge in [-0.15, -0.1) is 0 Å². The molecule has 2 fully saturated rings. The molecule has 0 atom stereocenters. The van der Waals surface area contributed by atoms with E-state index >= 15 is 0 Å². The summed E-state index contributed by atoms with van der Waals surface area (Å²) in [6.45, 7) is 3.64. The lowest BCUT2D eigenvalue weighted by Gasteiger charge is -2.22. The van der Waals surface area contributed by atoms with Gasteiger partial charge >= 0.3 is 0 Å². The highest BCUT2D eigenvalue weighted by molar-refractivity contribution is 7.90. The Labute approximate surface area is 144 Å². The lowest BCUT2D eigenvalue weighted by atomic mass is 10.2. The van der Waals surface area contributed by atoms with Crippen molar-refractivity contribution >= 4 is 10.0 Å². The van der Waals surface area contributed by atoms with Gasteiger partial charge in [0.1, 0.15) is 11.5 Å². The average molecular weight is 354 g/mol. The normalized spacial score (nSPS) is 20.6. The number of methoxy groups -OCH3 is 2. The minimum absolute atomic E-state index is 0.119. The molecule has 0 bridgehead atoms. The Balaban J connectivity index is 1.64. The molecule has 2 aliphatic rings. The Morgan fingerprint density at radius 3 is 2.25 bits per heavy atom. The van der Waals surface area contributed by atoms with Gasteiger partial charge in [0, 0.05) is 32.2 Å². The highest BCUT2D eigenvalue weighted by Gasteiger charge is 2.40. The molecule has 0 radical (unpaired) electrons. The summed E-state index contributed by atoms with van der Waals surface area (Å²) in [5.74, 6) is 1.55. The smallest absolute Gasteiger partial charge is 0.217 e. The fraction of sp³-hybridized carbons (Fsp3) is 0.647. The number of rotatable bonds is 6. The van der Waals surface area contributed by atoms with E-state index in [-0.39, 0.29) is 5.25 Å². The Bertz CT molecular complexity index is 651. The fourth-order valence-electron chi connectivity index (χ4n) is 3.15. The van der Waals surface area contributed by atoms with Crippen LogP contribution in [0, 0.1) is 0 Å². The predicted octanol–water partition coefficient (Wildman–Crippen LogP) is 1.70. The lowest BCUT2D eigenvalue weighted by molar-refractivity contribution is 0.277. The Hall–Kier alpha value is -1.31. The summed E-state index contributed by atoms with van der Waals surface area (Å²) in [6, 6.07) is 5.87. The molecule has 1 aromatic rings. The van der Waals surface area contributed by atoms with Gasteiger partial charge in [-0.2, -0.15) is 0 Å². The molecule has 1 heterocycles. The molecule has 6 nitrogen and oxygen atoms in total. The van der Waals surface area contributed by atoms with Crippen LogP contribution < -0.4 is 9.47 Å². The maximum Gasteiger partial charge on any atom is 0.217 e. The van der Waals surface area contributed by atoms with Crippen LogP contribution in [-0.2, 0) is 16.6 Å². The molecule has 1 aliphatic carbocycles. The average Bonchev–Trinajstić information content (AvgIpc) is 3.42. The molecule has 0 aromatic heterocycles. The summed E-state index contributed by atoms with van der Waals surface area (Å²) < 4.78 is 37.1. The quantitative estimate of drug-likeness (QED) is 0.778. The lowest BCUT2D eigenvalue weighted by Crippen LogP contribution is -2.37. The Morgan fingerprint density at radius 2 is 1.67 bits per heavy atom. The van der Waals surface area contributed by atoms with Gasteiger partial charge in [0.05, 0.1) is 19.5 Å². The van der Waals surface area contributed by atoms with Crippen LogP contribution in [0.1, 0.15) is 24.8 Å². The zero-order valence-corrected chi connectivity index (χ0v) is 15.2. The second-order valence-corrected chi connectivity index (χ2v) is 8.71. The van der Waals surface area contributed by atoms with Gasteiger partial charge in [-0.25, -0.2) is 12.7 Å². The van der Waals surface area contributed by atoms with E-state index in [9.17, 15) is 8.42 Å². The molecular weight excluding hydrogens is 328 g/mol. The number of nitrogens with zero attached hydrogens (tertiary/aromatic N) is 2. The van der Waals surface area contributed by atoms with Crippen LogP contribution in [0.2, 0.25) is 0 Å². The van der Waals surface area contributed by atoms with Crippen LogP contribution in [0.5, 0.6) is 11.5 Å². The highest BCUT2D eigenvalue weighted by Crippen LogP contribution is 2.31.